The average molecular weight is 669 g/mol. The number of imide groups is 1. The van der Waals surface area contributed by atoms with Gasteiger partial charge < -0.3 is 29.2 Å². The molecule has 0 fully saturated rings. The van der Waals surface area contributed by atoms with Gasteiger partial charge in [-0.25, -0.2) is 14.4 Å². The number of aromatic hydroxyl groups is 2. The number of ether oxygens (including phenoxy) is 4. The van der Waals surface area contributed by atoms with Gasteiger partial charge in [0.25, 0.3) is 11.8 Å². The lowest BCUT2D eigenvalue weighted by Crippen LogP contribution is -2.35. The van der Waals surface area contributed by atoms with Crippen LogP contribution in [0.5, 0.6) is 23.0 Å². The number of rotatable bonds is 6. The molecule has 3 N–H and O–H groups in total. The van der Waals surface area contributed by atoms with Gasteiger partial charge in [-0.05, 0) is 80.4 Å². The zero-order valence-electron chi connectivity index (χ0n) is 27.1. The maximum Gasteiger partial charge on any atom is 0.412 e. The summed E-state index contributed by atoms with van der Waals surface area (Å²) in [4.78, 5) is 62.2. The van der Waals surface area contributed by atoms with Crippen LogP contribution in [-0.2, 0) is 9.47 Å². The zero-order chi connectivity index (χ0) is 35.6. The number of benzene rings is 4. The number of methoxy groups -OCH3 is 2. The number of carbonyl (C=O) groups is 5. The summed E-state index contributed by atoms with van der Waals surface area (Å²) in [6.45, 7) is 5.27. The lowest BCUT2D eigenvalue weighted by Gasteiger charge is -2.28. The van der Waals surface area contributed by atoms with Gasteiger partial charge in [0, 0.05) is 5.69 Å². The minimum Gasteiger partial charge on any atom is -0.507 e. The third kappa shape index (κ3) is 6.86. The quantitative estimate of drug-likeness (QED) is 0.128. The Morgan fingerprint density at radius 1 is 0.735 bits per heavy atom. The van der Waals surface area contributed by atoms with E-state index in [2.05, 4.69) is 10.1 Å². The van der Waals surface area contributed by atoms with E-state index in [-0.39, 0.29) is 33.8 Å². The summed E-state index contributed by atoms with van der Waals surface area (Å²) in [5.74, 6) is -2.28. The van der Waals surface area contributed by atoms with Gasteiger partial charge in [0.15, 0.2) is 11.5 Å². The van der Waals surface area contributed by atoms with Crippen LogP contribution in [0, 0.1) is 0 Å². The molecule has 6 rings (SSSR count). The lowest BCUT2D eigenvalue weighted by molar-refractivity contribution is 0.0440. The molecule has 4 aromatic rings. The molecule has 13 nitrogen and oxygen atoms in total. The number of amides is 3. The van der Waals surface area contributed by atoms with Gasteiger partial charge in [0.05, 0.1) is 37.0 Å². The van der Waals surface area contributed by atoms with Crippen molar-refractivity contribution in [3.05, 3.63) is 112 Å². The molecule has 0 aliphatic carbocycles. The molecule has 3 amide bonds. The number of phenolic OH excluding ortho intramolecular Hbond substituents is 2. The highest BCUT2D eigenvalue weighted by Gasteiger charge is 2.43. The van der Waals surface area contributed by atoms with Crippen molar-refractivity contribution in [2.45, 2.75) is 32.4 Å². The Hall–Kier alpha value is -6.37. The molecule has 2 aliphatic rings. The molecule has 1 unspecified atom stereocenters. The average Bonchev–Trinajstić information content (AvgIpc) is 3.48. The molecule has 0 saturated carbocycles. The van der Waals surface area contributed by atoms with Gasteiger partial charge in [0.2, 0.25) is 0 Å². The fourth-order valence-electron chi connectivity index (χ4n) is 5.36. The van der Waals surface area contributed by atoms with Crippen molar-refractivity contribution in [3.8, 4) is 23.0 Å². The second kappa shape index (κ2) is 13.4. The standard InChI is InChI=1S/C28H28N2O7.C8H4O4/c1-28(2,3)37-27(34)29-18-9-6-8-16(14-18)24(17-12-13-21(35-4)22(15-17)36-5)30-25(32)19-10-7-11-20(31)23(19)26(30)33;9-5-3-1-2-4-6(5)8(11)12-7(4)10/h6-15,24,31H,1-5H3,(H,29,34);1-3,9H. The Morgan fingerprint density at radius 2 is 1.35 bits per heavy atom. The summed E-state index contributed by atoms with van der Waals surface area (Å²) in [6, 6.07) is 19.6. The van der Waals surface area contributed by atoms with E-state index in [4.69, 9.17) is 19.3 Å². The van der Waals surface area contributed by atoms with Crippen molar-refractivity contribution >= 4 is 35.5 Å². The van der Waals surface area contributed by atoms with Crippen molar-refractivity contribution < 1.29 is 53.1 Å². The first-order chi connectivity index (χ1) is 23.2. The van der Waals surface area contributed by atoms with Crippen LogP contribution in [0.3, 0.4) is 0 Å². The fraction of sp³-hybridized carbons (Fsp3) is 0.194. The number of cyclic esters (lactones) is 2. The van der Waals surface area contributed by atoms with E-state index in [1.165, 1.54) is 50.6 Å². The monoisotopic (exact) mass is 668 g/mol. The summed E-state index contributed by atoms with van der Waals surface area (Å²) >= 11 is 0. The summed E-state index contributed by atoms with van der Waals surface area (Å²) < 4.78 is 20.4. The molecule has 252 valence electrons. The van der Waals surface area contributed by atoms with Crippen LogP contribution in [0.2, 0.25) is 0 Å². The molecule has 1 atom stereocenters. The number of anilines is 1. The van der Waals surface area contributed by atoms with Gasteiger partial charge in [-0.1, -0.05) is 30.3 Å². The fourth-order valence-corrected chi connectivity index (χ4v) is 5.36. The highest BCUT2D eigenvalue weighted by Crippen LogP contribution is 2.41. The largest absolute Gasteiger partial charge is 0.507 e. The summed E-state index contributed by atoms with van der Waals surface area (Å²) in [6.07, 6.45) is -0.641. The number of phenols is 2. The Bertz CT molecular complexity index is 2000. The van der Waals surface area contributed by atoms with Crippen LogP contribution < -0.4 is 14.8 Å². The first-order valence-corrected chi connectivity index (χ1v) is 14.8. The van der Waals surface area contributed by atoms with Gasteiger partial charge >= 0.3 is 18.0 Å². The first kappa shape index (κ1) is 34.0. The van der Waals surface area contributed by atoms with Gasteiger partial charge in [-0.2, -0.15) is 0 Å². The molecule has 2 aliphatic heterocycles. The van der Waals surface area contributed by atoms with E-state index < -0.39 is 41.5 Å². The van der Waals surface area contributed by atoms with Crippen LogP contribution in [-0.4, -0.2) is 64.8 Å². The van der Waals surface area contributed by atoms with E-state index in [1.54, 1.807) is 63.2 Å². The number of nitrogens with zero attached hydrogens (tertiary/aromatic N) is 1. The van der Waals surface area contributed by atoms with E-state index in [0.29, 0.717) is 28.3 Å². The van der Waals surface area contributed by atoms with Crippen molar-refractivity contribution in [1.82, 2.24) is 4.90 Å². The maximum absolute atomic E-state index is 13.5. The lowest BCUT2D eigenvalue weighted by atomic mass is 9.96. The third-order valence-electron chi connectivity index (χ3n) is 7.41. The molecule has 0 aromatic heterocycles. The molecule has 49 heavy (non-hydrogen) atoms. The number of hydrogen-bond acceptors (Lipinski definition) is 11. The molecular weight excluding hydrogens is 636 g/mol. The summed E-state index contributed by atoms with van der Waals surface area (Å²) in [7, 11) is 3.00. The Balaban J connectivity index is 0.000000325. The normalized spacial score (nSPS) is 13.9. The van der Waals surface area contributed by atoms with Crippen molar-refractivity contribution in [2.24, 2.45) is 0 Å². The van der Waals surface area contributed by atoms with Crippen LogP contribution in [0.4, 0.5) is 10.5 Å². The molecule has 0 saturated heterocycles. The van der Waals surface area contributed by atoms with E-state index in [1.807, 2.05) is 0 Å². The highest BCUT2D eigenvalue weighted by atomic mass is 16.6. The molecule has 0 radical (unpaired) electrons. The SMILES string of the molecule is COc1ccc(C(c2cccc(NC(=O)OC(C)(C)C)c2)N2C(=O)c3cccc(O)c3C2=O)cc1OC.O=C1OC(=O)c2c(O)cccc21. The predicted octanol–water partition coefficient (Wildman–Crippen LogP) is 5.84. The van der Waals surface area contributed by atoms with Gasteiger partial charge in [0.1, 0.15) is 22.7 Å². The Morgan fingerprint density at radius 3 is 1.96 bits per heavy atom. The maximum atomic E-state index is 13.5. The summed E-state index contributed by atoms with van der Waals surface area (Å²) in [5.41, 5.74) is 0.959. The van der Waals surface area contributed by atoms with Crippen LogP contribution in [0.25, 0.3) is 0 Å². The minimum absolute atomic E-state index is 0.0394. The Kier molecular flexibility index (Phi) is 9.29. The molecule has 0 spiro atoms. The van der Waals surface area contributed by atoms with Gasteiger partial charge in [-0.3, -0.25) is 19.8 Å². The van der Waals surface area contributed by atoms with Crippen molar-refractivity contribution in [1.29, 1.82) is 0 Å². The molecule has 4 aromatic carbocycles. The number of esters is 2. The van der Waals surface area contributed by atoms with Crippen molar-refractivity contribution in [2.75, 3.05) is 19.5 Å². The van der Waals surface area contributed by atoms with Gasteiger partial charge in [-0.15, -0.1) is 0 Å². The van der Waals surface area contributed by atoms with Crippen LogP contribution in [0.15, 0.2) is 78.9 Å². The van der Waals surface area contributed by atoms with Crippen molar-refractivity contribution in [3.63, 3.8) is 0 Å². The topological polar surface area (TPSA) is 178 Å². The van der Waals surface area contributed by atoms with E-state index >= 15 is 0 Å². The number of fused-ring (bicyclic) bond motifs is 2. The van der Waals surface area contributed by atoms with E-state index in [9.17, 15) is 29.1 Å². The predicted molar refractivity (Wildman–Crippen MR) is 174 cm³/mol. The molecule has 2 heterocycles. The molecule has 13 heteroatoms. The minimum atomic E-state index is -0.910. The Labute approximate surface area is 280 Å². The number of hydrogen-bond donors (Lipinski definition) is 3. The highest BCUT2D eigenvalue weighted by molar-refractivity contribution is 6.23. The van der Waals surface area contributed by atoms with E-state index in [0.717, 1.165) is 4.90 Å². The van der Waals surface area contributed by atoms with Crippen LogP contribution in [0.1, 0.15) is 79.4 Å². The molecular formula is C36H32N2O11. The summed E-state index contributed by atoms with van der Waals surface area (Å²) in [5, 5.41) is 22.2. The smallest absolute Gasteiger partial charge is 0.412 e. The second-order valence-corrected chi connectivity index (χ2v) is 11.8. The first-order valence-electron chi connectivity index (χ1n) is 14.8. The number of carbonyl (C=O) groups excluding carboxylic acids is 5. The third-order valence-corrected chi connectivity index (χ3v) is 7.41. The zero-order valence-corrected chi connectivity index (χ0v) is 27.1. The van der Waals surface area contributed by atoms with Crippen LogP contribution >= 0.6 is 0 Å². The second-order valence-electron chi connectivity index (χ2n) is 11.8. The number of nitrogens with one attached hydrogen (secondary N) is 1. The molecule has 0 bridgehead atoms.